The van der Waals surface area contributed by atoms with E-state index in [-0.39, 0.29) is 6.42 Å². The highest BCUT2D eigenvalue weighted by atomic mass is 35.5. The molecular weight excluding hydrogens is 349 g/mol. The molecule has 3 rings (SSSR count). The Bertz CT molecular complexity index is 848. The van der Waals surface area contributed by atoms with Gasteiger partial charge in [-0.1, -0.05) is 35.9 Å². The maximum Gasteiger partial charge on any atom is 0.413 e. The topological polar surface area (TPSA) is 17.1 Å². The van der Waals surface area contributed by atoms with Gasteiger partial charge in [-0.25, -0.2) is 0 Å². The Morgan fingerprint density at radius 2 is 1.72 bits per heavy atom. The molecular formula is C20H16ClF3O. The highest BCUT2D eigenvalue weighted by Gasteiger charge is 2.37. The SMILES string of the molecule is Cc1c(CCc2ccc(Cl)cc2)ccc2c1CC(C(F)(F)F)=CC2=O. The number of hydrogen-bond acceptors (Lipinski definition) is 1. The molecule has 1 nitrogen and oxygen atoms in total. The number of allylic oxidation sites excluding steroid dienone is 2. The molecule has 0 fully saturated rings. The van der Waals surface area contributed by atoms with Crippen LogP contribution in [0.5, 0.6) is 0 Å². The quantitative estimate of drug-likeness (QED) is 0.686. The largest absolute Gasteiger partial charge is 0.413 e. The number of benzene rings is 2. The Hall–Kier alpha value is -2.07. The summed E-state index contributed by atoms with van der Waals surface area (Å²) in [5, 5.41) is 0.665. The van der Waals surface area contributed by atoms with Gasteiger partial charge in [-0.2, -0.15) is 13.2 Å². The number of fused-ring (bicyclic) bond motifs is 1. The molecule has 130 valence electrons. The molecule has 0 saturated heterocycles. The second-order valence-corrected chi connectivity index (χ2v) is 6.65. The van der Waals surface area contributed by atoms with Crippen molar-refractivity contribution in [2.24, 2.45) is 0 Å². The fourth-order valence-corrected chi connectivity index (χ4v) is 3.25. The van der Waals surface area contributed by atoms with Gasteiger partial charge < -0.3 is 0 Å². The summed E-state index contributed by atoms with van der Waals surface area (Å²) in [5.74, 6) is -0.569. The monoisotopic (exact) mass is 364 g/mol. The molecule has 0 amide bonds. The molecule has 0 N–H and O–H groups in total. The van der Waals surface area contributed by atoms with Crippen LogP contribution in [0.25, 0.3) is 0 Å². The molecule has 1 aliphatic carbocycles. The summed E-state index contributed by atoms with van der Waals surface area (Å²) in [6.07, 6.45) is -2.55. The van der Waals surface area contributed by atoms with Crippen molar-refractivity contribution in [1.82, 2.24) is 0 Å². The van der Waals surface area contributed by atoms with Crippen LogP contribution >= 0.6 is 11.6 Å². The standard InChI is InChI=1S/C20H16ClF3O/c1-12-14(5-2-13-3-7-16(21)8-4-13)6-9-17-18(12)10-15(11-19(17)25)20(22,23)24/h3-4,6-9,11H,2,5,10H2,1H3. The number of carbonyl (C=O) groups excluding carboxylic acids is 1. The van der Waals surface area contributed by atoms with E-state index in [0.717, 1.165) is 29.2 Å². The molecule has 0 radical (unpaired) electrons. The molecule has 2 aromatic carbocycles. The predicted molar refractivity (Wildman–Crippen MR) is 92.2 cm³/mol. The molecule has 0 saturated carbocycles. The molecule has 2 aromatic rings. The van der Waals surface area contributed by atoms with Crippen molar-refractivity contribution in [1.29, 1.82) is 0 Å². The number of alkyl halides is 3. The number of rotatable bonds is 3. The van der Waals surface area contributed by atoms with E-state index < -0.39 is 17.5 Å². The first kappa shape index (κ1) is 17.7. The first-order valence-corrected chi connectivity index (χ1v) is 8.31. The second-order valence-electron chi connectivity index (χ2n) is 6.21. The summed E-state index contributed by atoms with van der Waals surface area (Å²) in [7, 11) is 0. The van der Waals surface area contributed by atoms with Crippen LogP contribution in [0.4, 0.5) is 13.2 Å². The van der Waals surface area contributed by atoms with E-state index in [1.54, 1.807) is 13.0 Å². The number of halogens is 4. The van der Waals surface area contributed by atoms with Crippen molar-refractivity contribution >= 4 is 17.4 Å². The van der Waals surface area contributed by atoms with E-state index >= 15 is 0 Å². The normalized spacial score (nSPS) is 14.3. The van der Waals surface area contributed by atoms with E-state index in [9.17, 15) is 18.0 Å². The lowest BCUT2D eigenvalue weighted by Gasteiger charge is -2.22. The Kier molecular flexibility index (Phi) is 4.74. The van der Waals surface area contributed by atoms with Crippen LogP contribution in [-0.4, -0.2) is 12.0 Å². The Balaban J connectivity index is 1.85. The zero-order valence-electron chi connectivity index (χ0n) is 13.6. The van der Waals surface area contributed by atoms with Gasteiger partial charge in [0, 0.05) is 22.6 Å². The van der Waals surface area contributed by atoms with E-state index in [4.69, 9.17) is 11.6 Å². The van der Waals surface area contributed by atoms with Crippen molar-refractivity contribution < 1.29 is 18.0 Å². The van der Waals surface area contributed by atoms with E-state index in [1.807, 2.05) is 30.3 Å². The highest BCUT2D eigenvalue weighted by molar-refractivity contribution is 6.30. The van der Waals surface area contributed by atoms with Crippen molar-refractivity contribution in [2.45, 2.75) is 32.4 Å². The Morgan fingerprint density at radius 3 is 2.36 bits per heavy atom. The molecule has 0 heterocycles. The van der Waals surface area contributed by atoms with Crippen molar-refractivity contribution in [3.8, 4) is 0 Å². The number of hydrogen-bond donors (Lipinski definition) is 0. The summed E-state index contributed by atoms with van der Waals surface area (Å²) in [5.41, 5.74) is 2.94. The smallest absolute Gasteiger partial charge is 0.289 e. The van der Waals surface area contributed by atoms with Crippen molar-refractivity contribution in [3.05, 3.63) is 80.9 Å². The van der Waals surface area contributed by atoms with E-state index in [0.29, 0.717) is 22.6 Å². The van der Waals surface area contributed by atoms with Crippen LogP contribution in [0.1, 0.15) is 32.6 Å². The molecule has 0 bridgehead atoms. The molecule has 0 spiro atoms. The Labute approximate surface area is 149 Å². The zero-order chi connectivity index (χ0) is 18.2. The lowest BCUT2D eigenvalue weighted by Crippen LogP contribution is -2.22. The third-order valence-electron chi connectivity index (χ3n) is 4.61. The van der Waals surface area contributed by atoms with Gasteiger partial charge in [0.2, 0.25) is 0 Å². The minimum absolute atomic E-state index is 0.245. The maximum atomic E-state index is 13.0. The average Bonchev–Trinajstić information content (AvgIpc) is 2.55. The van der Waals surface area contributed by atoms with Gasteiger partial charge >= 0.3 is 6.18 Å². The summed E-state index contributed by atoms with van der Waals surface area (Å²) >= 11 is 5.87. The third kappa shape index (κ3) is 3.79. The van der Waals surface area contributed by atoms with Gasteiger partial charge in [-0.05, 0) is 60.2 Å². The molecule has 0 aliphatic heterocycles. The summed E-state index contributed by atoms with van der Waals surface area (Å²) in [6, 6.07) is 11.0. The van der Waals surface area contributed by atoms with Gasteiger partial charge in [0.25, 0.3) is 0 Å². The lowest BCUT2D eigenvalue weighted by molar-refractivity contribution is -0.0934. The van der Waals surface area contributed by atoms with Gasteiger partial charge in [-0.3, -0.25) is 4.79 Å². The summed E-state index contributed by atoms with van der Waals surface area (Å²) < 4.78 is 39.0. The van der Waals surface area contributed by atoms with Crippen LogP contribution in [0.2, 0.25) is 5.02 Å². The minimum atomic E-state index is -4.47. The van der Waals surface area contributed by atoms with Gasteiger partial charge in [0.15, 0.2) is 5.78 Å². The van der Waals surface area contributed by atoms with E-state index in [2.05, 4.69) is 0 Å². The minimum Gasteiger partial charge on any atom is -0.289 e. The first-order valence-electron chi connectivity index (χ1n) is 7.93. The van der Waals surface area contributed by atoms with Gasteiger partial charge in [-0.15, -0.1) is 0 Å². The second kappa shape index (κ2) is 6.68. The van der Waals surface area contributed by atoms with Gasteiger partial charge in [0.1, 0.15) is 0 Å². The molecule has 0 atom stereocenters. The summed E-state index contributed by atoms with van der Waals surface area (Å²) in [6.45, 7) is 1.79. The predicted octanol–water partition coefficient (Wildman–Crippen LogP) is 5.66. The fraction of sp³-hybridized carbons (Fsp3) is 0.250. The zero-order valence-corrected chi connectivity index (χ0v) is 14.3. The number of carbonyl (C=O) groups is 1. The maximum absolute atomic E-state index is 13.0. The lowest BCUT2D eigenvalue weighted by atomic mass is 9.84. The van der Waals surface area contributed by atoms with Crippen molar-refractivity contribution in [3.63, 3.8) is 0 Å². The first-order chi connectivity index (χ1) is 11.8. The van der Waals surface area contributed by atoms with Crippen LogP contribution < -0.4 is 0 Å². The van der Waals surface area contributed by atoms with Crippen LogP contribution in [0.15, 0.2) is 48.0 Å². The van der Waals surface area contributed by atoms with Crippen LogP contribution in [0, 0.1) is 6.92 Å². The molecule has 25 heavy (non-hydrogen) atoms. The highest BCUT2D eigenvalue weighted by Crippen LogP contribution is 2.35. The van der Waals surface area contributed by atoms with Crippen LogP contribution in [0.3, 0.4) is 0 Å². The van der Waals surface area contributed by atoms with E-state index in [1.165, 1.54) is 0 Å². The fourth-order valence-electron chi connectivity index (χ4n) is 3.12. The van der Waals surface area contributed by atoms with Crippen molar-refractivity contribution in [2.75, 3.05) is 0 Å². The molecule has 5 heteroatoms. The molecule has 0 unspecified atom stereocenters. The molecule has 1 aliphatic rings. The number of aryl methyl sites for hydroxylation is 2. The van der Waals surface area contributed by atoms with Gasteiger partial charge in [0.05, 0.1) is 0 Å². The summed E-state index contributed by atoms with van der Waals surface area (Å²) in [4.78, 5) is 12.0. The number of ketones is 1. The third-order valence-corrected chi connectivity index (χ3v) is 4.86. The average molecular weight is 365 g/mol. The molecule has 0 aromatic heterocycles. The Morgan fingerprint density at radius 1 is 1.04 bits per heavy atom. The van der Waals surface area contributed by atoms with Crippen LogP contribution in [-0.2, 0) is 19.3 Å².